The van der Waals surface area contributed by atoms with Gasteiger partial charge in [-0.15, -0.1) is 11.8 Å². The lowest BCUT2D eigenvalue weighted by Gasteiger charge is -2.23. The van der Waals surface area contributed by atoms with Crippen molar-refractivity contribution in [1.82, 2.24) is 9.88 Å². The van der Waals surface area contributed by atoms with Gasteiger partial charge in [-0.1, -0.05) is 64.7 Å². The maximum atomic E-state index is 12.9. The minimum absolute atomic E-state index is 0.147. The number of carbonyl (C=O) groups excluding carboxylic acids is 1. The summed E-state index contributed by atoms with van der Waals surface area (Å²) in [6, 6.07) is 3.74. The molecular formula is C22H35F3N2OS. The Morgan fingerprint density at radius 1 is 0.897 bits per heavy atom. The predicted octanol–water partition coefficient (Wildman–Crippen LogP) is 6.88. The number of carbonyl (C=O) groups is 1. The number of unbranched alkanes of at least 4 members (excludes halogenated alkanes) is 9. The summed E-state index contributed by atoms with van der Waals surface area (Å²) in [6.07, 6.45) is 10.3. The molecule has 1 aromatic rings. The van der Waals surface area contributed by atoms with E-state index < -0.39 is 12.1 Å². The molecule has 0 radical (unpaired) electrons. The standard InChI is InChI=1S/C22H35F3N2OS/c1-2-3-4-5-6-7-8-9-10-11-17-27(21(28)22(23,24)25)18-12-19-29-20-13-15-26-16-14-20/h13-16H,2-12,17-19H2,1H3. The second kappa shape index (κ2) is 15.6. The number of pyridine rings is 1. The molecule has 0 saturated carbocycles. The fraction of sp³-hybridized carbons (Fsp3) is 0.727. The molecule has 0 N–H and O–H groups in total. The summed E-state index contributed by atoms with van der Waals surface area (Å²) in [6.45, 7) is 2.54. The van der Waals surface area contributed by atoms with Crippen LogP contribution in [0.5, 0.6) is 0 Å². The first-order valence-corrected chi connectivity index (χ1v) is 11.8. The number of alkyl halides is 3. The number of hydrogen-bond donors (Lipinski definition) is 0. The lowest BCUT2D eigenvalue weighted by Crippen LogP contribution is -2.42. The lowest BCUT2D eigenvalue weighted by molar-refractivity contribution is -0.185. The highest BCUT2D eigenvalue weighted by molar-refractivity contribution is 7.99. The van der Waals surface area contributed by atoms with Gasteiger partial charge < -0.3 is 4.90 Å². The molecule has 0 aliphatic rings. The summed E-state index contributed by atoms with van der Waals surface area (Å²) in [5, 5.41) is 0. The van der Waals surface area contributed by atoms with Crippen LogP contribution in [0.15, 0.2) is 29.4 Å². The lowest BCUT2D eigenvalue weighted by atomic mass is 10.1. The van der Waals surface area contributed by atoms with Crippen LogP contribution in [0, 0.1) is 0 Å². The van der Waals surface area contributed by atoms with Crippen molar-refractivity contribution >= 4 is 17.7 Å². The van der Waals surface area contributed by atoms with E-state index in [4.69, 9.17) is 0 Å². The van der Waals surface area contributed by atoms with Gasteiger partial charge in [0.25, 0.3) is 0 Å². The Labute approximate surface area is 177 Å². The summed E-state index contributed by atoms with van der Waals surface area (Å²) in [5.74, 6) is -1.04. The van der Waals surface area contributed by atoms with Gasteiger partial charge in [0.1, 0.15) is 0 Å². The number of thioether (sulfide) groups is 1. The number of amides is 1. The number of aromatic nitrogens is 1. The fourth-order valence-corrected chi connectivity index (χ4v) is 3.99. The first kappa shape index (κ1) is 25.8. The van der Waals surface area contributed by atoms with Gasteiger partial charge in [0.15, 0.2) is 0 Å². The highest BCUT2D eigenvalue weighted by atomic mass is 32.2. The third kappa shape index (κ3) is 12.8. The van der Waals surface area contributed by atoms with Crippen LogP contribution in [0.2, 0.25) is 0 Å². The summed E-state index contributed by atoms with van der Waals surface area (Å²) >= 11 is 1.57. The number of nitrogens with zero attached hydrogens (tertiary/aromatic N) is 2. The summed E-state index contributed by atoms with van der Waals surface area (Å²) < 4.78 is 38.6. The van der Waals surface area contributed by atoms with E-state index in [1.54, 1.807) is 24.2 Å². The van der Waals surface area contributed by atoms with Crippen LogP contribution in [-0.4, -0.2) is 40.8 Å². The van der Waals surface area contributed by atoms with E-state index in [2.05, 4.69) is 11.9 Å². The minimum atomic E-state index is -4.79. The normalized spacial score (nSPS) is 11.6. The smallest absolute Gasteiger partial charge is 0.335 e. The largest absolute Gasteiger partial charge is 0.471 e. The quantitative estimate of drug-likeness (QED) is 0.211. The van der Waals surface area contributed by atoms with E-state index in [0.717, 1.165) is 29.1 Å². The molecule has 0 fully saturated rings. The van der Waals surface area contributed by atoms with Gasteiger partial charge in [-0.3, -0.25) is 9.78 Å². The topological polar surface area (TPSA) is 33.2 Å². The van der Waals surface area contributed by atoms with Gasteiger partial charge in [0, 0.05) is 30.4 Å². The molecule has 0 bridgehead atoms. The average molecular weight is 433 g/mol. The van der Waals surface area contributed by atoms with Crippen molar-refractivity contribution in [2.45, 2.75) is 88.6 Å². The second-order valence-electron chi connectivity index (χ2n) is 7.36. The summed E-state index contributed by atoms with van der Waals surface area (Å²) in [4.78, 5) is 17.7. The minimum Gasteiger partial charge on any atom is -0.335 e. The molecule has 1 aromatic heterocycles. The molecule has 0 aliphatic carbocycles. The van der Waals surface area contributed by atoms with Gasteiger partial charge in [0.05, 0.1) is 0 Å². The fourth-order valence-electron chi connectivity index (χ4n) is 3.16. The third-order valence-electron chi connectivity index (χ3n) is 4.80. The molecule has 3 nitrogen and oxygen atoms in total. The highest BCUT2D eigenvalue weighted by Gasteiger charge is 2.41. The van der Waals surface area contributed by atoms with Crippen molar-refractivity contribution in [3.05, 3.63) is 24.5 Å². The van der Waals surface area contributed by atoms with Crippen molar-refractivity contribution < 1.29 is 18.0 Å². The van der Waals surface area contributed by atoms with Gasteiger partial charge in [-0.2, -0.15) is 13.2 Å². The summed E-state index contributed by atoms with van der Waals surface area (Å²) in [7, 11) is 0. The van der Waals surface area contributed by atoms with Gasteiger partial charge in [0.2, 0.25) is 0 Å². The molecule has 0 saturated heterocycles. The number of halogens is 3. The van der Waals surface area contributed by atoms with Gasteiger partial charge >= 0.3 is 12.1 Å². The maximum absolute atomic E-state index is 12.9. The molecular weight excluding hydrogens is 397 g/mol. The molecule has 0 aliphatic heterocycles. The molecule has 1 rings (SSSR count). The molecule has 166 valence electrons. The van der Waals surface area contributed by atoms with Gasteiger partial charge in [-0.25, -0.2) is 0 Å². The van der Waals surface area contributed by atoms with Crippen LogP contribution >= 0.6 is 11.8 Å². The first-order valence-electron chi connectivity index (χ1n) is 10.8. The van der Waals surface area contributed by atoms with Crippen molar-refractivity contribution in [3.63, 3.8) is 0 Å². The van der Waals surface area contributed by atoms with Gasteiger partial charge in [-0.05, 0) is 30.7 Å². The second-order valence-corrected chi connectivity index (χ2v) is 8.53. The van der Waals surface area contributed by atoms with E-state index in [-0.39, 0.29) is 13.1 Å². The zero-order valence-corrected chi connectivity index (χ0v) is 18.4. The Hall–Kier alpha value is -1.24. The Morgan fingerprint density at radius 2 is 1.41 bits per heavy atom. The number of rotatable bonds is 16. The van der Waals surface area contributed by atoms with Crippen LogP contribution < -0.4 is 0 Å². The van der Waals surface area contributed by atoms with Crippen LogP contribution in [0.3, 0.4) is 0 Å². The molecule has 0 spiro atoms. The molecule has 1 amide bonds. The Morgan fingerprint density at radius 3 is 1.97 bits per heavy atom. The Kier molecular flexibility index (Phi) is 13.9. The SMILES string of the molecule is CCCCCCCCCCCCN(CCCSc1ccncc1)C(=O)C(F)(F)F. The monoisotopic (exact) mass is 432 g/mol. The van der Waals surface area contributed by atoms with E-state index in [1.807, 2.05) is 12.1 Å². The molecule has 0 unspecified atom stereocenters. The van der Waals surface area contributed by atoms with Crippen LogP contribution in [0.4, 0.5) is 13.2 Å². The van der Waals surface area contributed by atoms with Crippen molar-refractivity contribution in [1.29, 1.82) is 0 Å². The zero-order valence-electron chi connectivity index (χ0n) is 17.6. The average Bonchev–Trinajstić information content (AvgIpc) is 2.70. The van der Waals surface area contributed by atoms with Crippen molar-refractivity contribution in [3.8, 4) is 0 Å². The van der Waals surface area contributed by atoms with Crippen LogP contribution in [0.1, 0.15) is 77.6 Å². The van der Waals surface area contributed by atoms with Crippen LogP contribution in [0.25, 0.3) is 0 Å². The highest BCUT2D eigenvalue weighted by Crippen LogP contribution is 2.21. The van der Waals surface area contributed by atoms with E-state index in [9.17, 15) is 18.0 Å². The van der Waals surface area contributed by atoms with Crippen molar-refractivity contribution in [2.75, 3.05) is 18.8 Å². The number of hydrogen-bond acceptors (Lipinski definition) is 3. The van der Waals surface area contributed by atoms with Crippen LogP contribution in [-0.2, 0) is 4.79 Å². The molecule has 1 heterocycles. The predicted molar refractivity (Wildman–Crippen MR) is 114 cm³/mol. The molecule has 0 atom stereocenters. The molecule has 29 heavy (non-hydrogen) atoms. The van der Waals surface area contributed by atoms with E-state index in [0.29, 0.717) is 18.6 Å². The molecule has 0 aromatic carbocycles. The first-order chi connectivity index (χ1) is 13.9. The molecule has 7 heteroatoms. The third-order valence-corrected chi connectivity index (χ3v) is 5.90. The van der Waals surface area contributed by atoms with Crippen molar-refractivity contribution in [2.24, 2.45) is 0 Å². The summed E-state index contributed by atoms with van der Waals surface area (Å²) in [5.41, 5.74) is 0. The zero-order chi connectivity index (χ0) is 21.4. The Bertz CT molecular complexity index is 541. The Balaban J connectivity index is 2.23. The van der Waals surface area contributed by atoms with E-state index >= 15 is 0 Å². The van der Waals surface area contributed by atoms with E-state index in [1.165, 1.54) is 38.5 Å². The maximum Gasteiger partial charge on any atom is 0.471 e.